The van der Waals surface area contributed by atoms with Crippen LogP contribution in [0.25, 0.3) is 0 Å². The van der Waals surface area contributed by atoms with Crippen LogP contribution in [0.3, 0.4) is 0 Å². The summed E-state index contributed by atoms with van der Waals surface area (Å²) in [6, 6.07) is -0.635. The molecular formula is C56H109NO5. The zero-order chi connectivity index (χ0) is 45.1. The fraction of sp³-hybridized carbons (Fsp3) is 0.929. The second kappa shape index (κ2) is 52.2. The smallest absolute Gasteiger partial charge is 0.305 e. The van der Waals surface area contributed by atoms with Gasteiger partial charge in [0.15, 0.2) is 0 Å². The molecule has 2 unspecified atom stereocenters. The standard InChI is InChI=1S/C56H109NO5/c1-3-5-7-9-11-13-15-16-17-18-19-20-21-22-25-29-32-36-40-44-48-54(59)53(52-58)57-55(60)49-45-41-37-33-30-26-23-24-27-31-35-39-43-47-51-62-56(61)50-46-42-38-34-28-14-12-10-8-6-4-2/h44,48,53-54,58-59H,3-43,45-47,49-52H2,1-2H3,(H,57,60)/b48-44+. The molecule has 0 aliphatic heterocycles. The molecule has 3 N–H and O–H groups in total. The lowest BCUT2D eigenvalue weighted by atomic mass is 10.0. The summed E-state index contributed by atoms with van der Waals surface area (Å²) in [5.74, 6) is -0.0787. The van der Waals surface area contributed by atoms with Gasteiger partial charge in [0, 0.05) is 12.8 Å². The zero-order valence-corrected chi connectivity index (χ0v) is 41.9. The van der Waals surface area contributed by atoms with E-state index in [4.69, 9.17) is 4.74 Å². The highest BCUT2D eigenvalue weighted by atomic mass is 16.5. The van der Waals surface area contributed by atoms with Crippen molar-refractivity contribution in [2.75, 3.05) is 13.2 Å². The summed E-state index contributed by atoms with van der Waals surface area (Å²) >= 11 is 0. The second-order valence-electron chi connectivity index (χ2n) is 19.3. The Morgan fingerprint density at radius 1 is 0.435 bits per heavy atom. The van der Waals surface area contributed by atoms with E-state index in [1.165, 1.54) is 225 Å². The lowest BCUT2D eigenvalue weighted by Crippen LogP contribution is -2.45. The molecule has 6 heteroatoms. The molecule has 0 aliphatic rings. The Morgan fingerprint density at radius 3 is 1.10 bits per heavy atom. The lowest BCUT2D eigenvalue weighted by Gasteiger charge is -2.20. The summed E-state index contributed by atoms with van der Waals surface area (Å²) in [6.45, 7) is 4.90. The van der Waals surface area contributed by atoms with Crippen LogP contribution in [-0.4, -0.2) is 47.4 Å². The van der Waals surface area contributed by atoms with Crippen molar-refractivity contribution < 1.29 is 24.5 Å². The van der Waals surface area contributed by atoms with E-state index in [1.54, 1.807) is 6.08 Å². The molecule has 368 valence electrons. The van der Waals surface area contributed by atoms with Gasteiger partial charge in [0.1, 0.15) is 0 Å². The number of unbranched alkanes of at least 4 members (excludes halogenated alkanes) is 41. The summed E-state index contributed by atoms with van der Waals surface area (Å²) in [6.07, 6.45) is 60.8. The molecular weight excluding hydrogens is 767 g/mol. The Morgan fingerprint density at radius 2 is 0.742 bits per heavy atom. The van der Waals surface area contributed by atoms with Crippen molar-refractivity contribution in [2.24, 2.45) is 0 Å². The monoisotopic (exact) mass is 876 g/mol. The van der Waals surface area contributed by atoms with Gasteiger partial charge in [-0.1, -0.05) is 276 Å². The van der Waals surface area contributed by atoms with Crippen molar-refractivity contribution in [1.82, 2.24) is 5.32 Å². The van der Waals surface area contributed by atoms with Crippen molar-refractivity contribution in [2.45, 2.75) is 321 Å². The number of hydrogen-bond donors (Lipinski definition) is 3. The minimum atomic E-state index is -0.851. The number of rotatable bonds is 52. The van der Waals surface area contributed by atoms with Crippen LogP contribution in [0.5, 0.6) is 0 Å². The highest BCUT2D eigenvalue weighted by Gasteiger charge is 2.18. The van der Waals surface area contributed by atoms with Crippen molar-refractivity contribution in [3.8, 4) is 0 Å². The van der Waals surface area contributed by atoms with Crippen LogP contribution >= 0.6 is 0 Å². The van der Waals surface area contributed by atoms with Crippen molar-refractivity contribution in [3.63, 3.8) is 0 Å². The maximum absolute atomic E-state index is 12.5. The number of allylic oxidation sites excluding steroid dienone is 1. The van der Waals surface area contributed by atoms with Gasteiger partial charge in [-0.25, -0.2) is 0 Å². The Balaban J connectivity index is 3.48. The fourth-order valence-corrected chi connectivity index (χ4v) is 8.75. The summed E-state index contributed by atoms with van der Waals surface area (Å²) < 4.78 is 5.45. The van der Waals surface area contributed by atoms with Crippen LogP contribution in [0.15, 0.2) is 12.2 Å². The van der Waals surface area contributed by atoms with E-state index < -0.39 is 12.1 Å². The lowest BCUT2D eigenvalue weighted by molar-refractivity contribution is -0.143. The Labute approximate surface area is 387 Å². The maximum atomic E-state index is 12.5. The molecule has 0 spiro atoms. The minimum absolute atomic E-state index is 0.00316. The van der Waals surface area contributed by atoms with E-state index in [1.807, 2.05) is 6.08 Å². The van der Waals surface area contributed by atoms with Gasteiger partial charge in [0.05, 0.1) is 25.4 Å². The number of carbonyl (C=O) groups is 2. The molecule has 0 saturated heterocycles. The minimum Gasteiger partial charge on any atom is -0.466 e. The van der Waals surface area contributed by atoms with Crippen molar-refractivity contribution >= 4 is 11.9 Å². The molecule has 0 radical (unpaired) electrons. The number of carbonyl (C=O) groups excluding carboxylic acids is 2. The summed E-state index contributed by atoms with van der Waals surface area (Å²) in [7, 11) is 0. The van der Waals surface area contributed by atoms with Crippen LogP contribution in [0, 0.1) is 0 Å². The number of ether oxygens (including phenoxy) is 1. The molecule has 0 aromatic heterocycles. The predicted molar refractivity (Wildman–Crippen MR) is 269 cm³/mol. The van der Waals surface area contributed by atoms with Crippen LogP contribution in [0.4, 0.5) is 0 Å². The molecule has 6 nitrogen and oxygen atoms in total. The third-order valence-corrected chi connectivity index (χ3v) is 13.1. The average Bonchev–Trinajstić information content (AvgIpc) is 3.27. The first-order valence-corrected chi connectivity index (χ1v) is 28.0. The summed E-state index contributed by atoms with van der Waals surface area (Å²) in [5, 5.41) is 23.1. The van der Waals surface area contributed by atoms with Gasteiger partial charge in [-0.15, -0.1) is 0 Å². The van der Waals surface area contributed by atoms with Crippen LogP contribution < -0.4 is 5.32 Å². The van der Waals surface area contributed by atoms with E-state index >= 15 is 0 Å². The quantitative estimate of drug-likeness (QED) is 0.0321. The zero-order valence-electron chi connectivity index (χ0n) is 41.9. The number of nitrogens with one attached hydrogen (secondary N) is 1. The molecule has 0 rings (SSSR count). The van der Waals surface area contributed by atoms with E-state index in [0.29, 0.717) is 19.4 Å². The topological polar surface area (TPSA) is 95.9 Å². The van der Waals surface area contributed by atoms with E-state index in [-0.39, 0.29) is 18.5 Å². The van der Waals surface area contributed by atoms with Gasteiger partial charge in [0.25, 0.3) is 0 Å². The first kappa shape index (κ1) is 60.6. The molecule has 2 atom stereocenters. The Hall–Kier alpha value is -1.40. The van der Waals surface area contributed by atoms with Gasteiger partial charge in [0.2, 0.25) is 5.91 Å². The number of aliphatic hydroxyl groups excluding tert-OH is 2. The number of aliphatic hydroxyl groups is 2. The average molecular weight is 876 g/mol. The van der Waals surface area contributed by atoms with E-state index in [0.717, 1.165) is 57.8 Å². The molecule has 0 fully saturated rings. The van der Waals surface area contributed by atoms with E-state index in [9.17, 15) is 19.8 Å². The molecule has 0 saturated carbocycles. The van der Waals surface area contributed by atoms with Gasteiger partial charge < -0.3 is 20.3 Å². The van der Waals surface area contributed by atoms with Crippen LogP contribution in [0.2, 0.25) is 0 Å². The van der Waals surface area contributed by atoms with Gasteiger partial charge in [-0.05, 0) is 32.1 Å². The maximum Gasteiger partial charge on any atom is 0.305 e. The van der Waals surface area contributed by atoms with Gasteiger partial charge in [-0.2, -0.15) is 0 Å². The van der Waals surface area contributed by atoms with E-state index in [2.05, 4.69) is 19.2 Å². The molecule has 1 amide bonds. The third kappa shape index (κ3) is 48.1. The molecule has 0 aliphatic carbocycles. The first-order chi connectivity index (χ1) is 30.5. The number of amides is 1. The fourth-order valence-electron chi connectivity index (χ4n) is 8.75. The largest absolute Gasteiger partial charge is 0.466 e. The normalized spacial score (nSPS) is 12.6. The molecule has 0 aromatic rings. The number of hydrogen-bond acceptors (Lipinski definition) is 5. The summed E-state index contributed by atoms with van der Waals surface area (Å²) in [5.41, 5.74) is 0. The highest BCUT2D eigenvalue weighted by Crippen LogP contribution is 2.17. The predicted octanol–water partition coefficient (Wildman–Crippen LogP) is 16.9. The van der Waals surface area contributed by atoms with Crippen molar-refractivity contribution in [1.29, 1.82) is 0 Å². The molecule has 0 heterocycles. The Kier molecular flexibility index (Phi) is 51.0. The molecule has 0 bridgehead atoms. The summed E-state index contributed by atoms with van der Waals surface area (Å²) in [4.78, 5) is 24.5. The third-order valence-electron chi connectivity index (χ3n) is 13.1. The molecule has 0 aromatic carbocycles. The first-order valence-electron chi connectivity index (χ1n) is 28.0. The Bertz CT molecular complexity index is 924. The van der Waals surface area contributed by atoms with Gasteiger partial charge in [-0.3, -0.25) is 9.59 Å². The van der Waals surface area contributed by atoms with Crippen molar-refractivity contribution in [3.05, 3.63) is 12.2 Å². The van der Waals surface area contributed by atoms with Crippen LogP contribution in [-0.2, 0) is 14.3 Å². The number of esters is 1. The highest BCUT2D eigenvalue weighted by molar-refractivity contribution is 5.76. The SMILES string of the molecule is CCCCCCCCCCCCCCCCCCCC/C=C/C(O)C(CO)NC(=O)CCCCCCCCCCCCCCCCOC(=O)CCCCCCCCCCCCC. The second-order valence-corrected chi connectivity index (χ2v) is 19.3. The van der Waals surface area contributed by atoms with Gasteiger partial charge >= 0.3 is 5.97 Å². The van der Waals surface area contributed by atoms with Crippen LogP contribution in [0.1, 0.15) is 309 Å². The molecule has 62 heavy (non-hydrogen) atoms.